The molecule has 2 rings (SSSR count). The summed E-state index contributed by atoms with van der Waals surface area (Å²) in [5, 5.41) is 0.419. The van der Waals surface area contributed by atoms with Gasteiger partial charge in [0, 0.05) is 16.3 Å². The Morgan fingerprint density at radius 2 is 2.00 bits per heavy atom. The number of aliphatic imine (C=N–C) groups is 1. The number of methoxy groups -OCH3 is 1. The van der Waals surface area contributed by atoms with Gasteiger partial charge < -0.3 is 9.47 Å². The van der Waals surface area contributed by atoms with E-state index >= 15 is 0 Å². The lowest BCUT2D eigenvalue weighted by Crippen LogP contribution is -2.07. The summed E-state index contributed by atoms with van der Waals surface area (Å²) in [7, 11) is 1.30. The van der Waals surface area contributed by atoms with Crippen LogP contribution >= 0.6 is 27.3 Å². The van der Waals surface area contributed by atoms with Crippen LogP contribution in [0.3, 0.4) is 0 Å². The SMILES string of the molecule is CCOC(=O)c1c(/N=C/c2ccccc2Br)sc(C(=O)OC)c1C. The van der Waals surface area contributed by atoms with E-state index in [9.17, 15) is 9.59 Å². The molecule has 0 saturated heterocycles. The summed E-state index contributed by atoms with van der Waals surface area (Å²) in [6, 6.07) is 7.57. The van der Waals surface area contributed by atoms with Crippen molar-refractivity contribution in [1.29, 1.82) is 0 Å². The summed E-state index contributed by atoms with van der Waals surface area (Å²) < 4.78 is 10.7. The third-order valence-corrected chi connectivity index (χ3v) is 5.11. The fourth-order valence-electron chi connectivity index (χ4n) is 2.03. The third-order valence-electron chi connectivity index (χ3n) is 3.20. The highest BCUT2D eigenvalue weighted by molar-refractivity contribution is 9.10. The maximum atomic E-state index is 12.2. The molecule has 5 nitrogen and oxygen atoms in total. The van der Waals surface area contributed by atoms with Gasteiger partial charge in [0.05, 0.1) is 13.7 Å². The van der Waals surface area contributed by atoms with E-state index in [0.29, 0.717) is 21.0 Å². The molecule has 0 fully saturated rings. The number of halogens is 1. The molecule has 1 aromatic heterocycles. The Labute approximate surface area is 152 Å². The Balaban J connectivity index is 2.49. The minimum Gasteiger partial charge on any atom is -0.465 e. The molecule has 0 aliphatic heterocycles. The van der Waals surface area contributed by atoms with Crippen LogP contribution in [0.15, 0.2) is 33.7 Å². The lowest BCUT2D eigenvalue weighted by molar-refractivity contribution is 0.0527. The molecule has 126 valence electrons. The van der Waals surface area contributed by atoms with Crippen LogP contribution in [0.1, 0.15) is 38.1 Å². The van der Waals surface area contributed by atoms with E-state index in [1.54, 1.807) is 20.1 Å². The highest BCUT2D eigenvalue weighted by atomic mass is 79.9. The summed E-state index contributed by atoms with van der Waals surface area (Å²) in [6.07, 6.45) is 1.64. The maximum absolute atomic E-state index is 12.2. The maximum Gasteiger partial charge on any atom is 0.348 e. The lowest BCUT2D eigenvalue weighted by Gasteiger charge is -2.03. The molecule has 1 heterocycles. The summed E-state index contributed by atoms with van der Waals surface area (Å²) >= 11 is 4.55. The summed E-state index contributed by atoms with van der Waals surface area (Å²) in [4.78, 5) is 28.9. The second-order valence-corrected chi connectivity index (χ2v) is 6.58. The zero-order chi connectivity index (χ0) is 17.7. The van der Waals surface area contributed by atoms with Gasteiger partial charge >= 0.3 is 11.9 Å². The van der Waals surface area contributed by atoms with Gasteiger partial charge in [-0.15, -0.1) is 11.3 Å². The van der Waals surface area contributed by atoms with Crippen molar-refractivity contribution in [1.82, 2.24) is 0 Å². The molecule has 0 bridgehead atoms. The Kier molecular flexibility index (Phi) is 6.28. The van der Waals surface area contributed by atoms with Crippen LogP contribution in [0.4, 0.5) is 5.00 Å². The van der Waals surface area contributed by atoms with E-state index in [2.05, 4.69) is 20.9 Å². The first-order valence-corrected chi connectivity index (χ1v) is 8.78. The highest BCUT2D eigenvalue weighted by Crippen LogP contribution is 2.36. The average Bonchev–Trinajstić information content (AvgIpc) is 2.90. The number of thiophene rings is 1. The molecule has 1 aromatic carbocycles. The van der Waals surface area contributed by atoms with Crippen LogP contribution in [0.5, 0.6) is 0 Å². The molecule has 24 heavy (non-hydrogen) atoms. The van der Waals surface area contributed by atoms with Crippen molar-refractivity contribution in [3.8, 4) is 0 Å². The van der Waals surface area contributed by atoms with Crippen molar-refractivity contribution < 1.29 is 19.1 Å². The topological polar surface area (TPSA) is 65.0 Å². The fourth-order valence-corrected chi connectivity index (χ4v) is 3.47. The van der Waals surface area contributed by atoms with E-state index in [0.717, 1.165) is 21.4 Å². The number of carbonyl (C=O) groups excluding carboxylic acids is 2. The first kappa shape index (κ1) is 18.4. The number of carbonyl (C=O) groups is 2. The zero-order valence-corrected chi connectivity index (χ0v) is 15.9. The molecule has 0 unspecified atom stereocenters. The molecule has 0 aliphatic rings. The van der Waals surface area contributed by atoms with E-state index < -0.39 is 11.9 Å². The lowest BCUT2D eigenvalue weighted by atomic mass is 10.1. The number of esters is 2. The summed E-state index contributed by atoms with van der Waals surface area (Å²) in [5.41, 5.74) is 1.67. The highest BCUT2D eigenvalue weighted by Gasteiger charge is 2.25. The zero-order valence-electron chi connectivity index (χ0n) is 13.5. The smallest absolute Gasteiger partial charge is 0.348 e. The van der Waals surface area contributed by atoms with Crippen LogP contribution < -0.4 is 0 Å². The number of hydrogen-bond acceptors (Lipinski definition) is 6. The molecule has 0 amide bonds. The minimum atomic E-state index is -0.499. The Bertz CT molecular complexity index is 798. The van der Waals surface area contributed by atoms with Gasteiger partial charge in [0.1, 0.15) is 15.4 Å². The van der Waals surface area contributed by atoms with Crippen molar-refractivity contribution in [2.45, 2.75) is 13.8 Å². The first-order chi connectivity index (χ1) is 11.5. The Morgan fingerprint density at radius 3 is 2.62 bits per heavy atom. The van der Waals surface area contributed by atoms with Crippen molar-refractivity contribution >= 4 is 50.4 Å². The number of hydrogen-bond donors (Lipinski definition) is 0. The van der Waals surface area contributed by atoms with Gasteiger partial charge in [0.15, 0.2) is 0 Å². The molecule has 0 atom stereocenters. The van der Waals surface area contributed by atoms with Gasteiger partial charge in [0.2, 0.25) is 0 Å². The van der Waals surface area contributed by atoms with Crippen LogP contribution in [0, 0.1) is 6.92 Å². The van der Waals surface area contributed by atoms with Crippen LogP contribution in [0.25, 0.3) is 0 Å². The van der Waals surface area contributed by atoms with Gasteiger partial charge in [-0.1, -0.05) is 34.1 Å². The van der Waals surface area contributed by atoms with Crippen LogP contribution in [-0.4, -0.2) is 31.9 Å². The van der Waals surface area contributed by atoms with E-state index in [-0.39, 0.29) is 6.61 Å². The summed E-state index contributed by atoms with van der Waals surface area (Å²) in [5.74, 6) is -0.994. The molecule has 2 aromatic rings. The standard InChI is InChI=1S/C17H16BrNO4S/c1-4-23-16(20)13-10(2)14(17(21)22-3)24-15(13)19-9-11-7-5-6-8-12(11)18/h5-9H,4H2,1-3H3/b19-9+. The molecule has 0 N–H and O–H groups in total. The monoisotopic (exact) mass is 409 g/mol. The molecule has 0 saturated carbocycles. The van der Waals surface area contributed by atoms with Crippen molar-refractivity contribution in [2.24, 2.45) is 4.99 Å². The van der Waals surface area contributed by atoms with Gasteiger partial charge in [-0.3, -0.25) is 0 Å². The molecule has 0 aliphatic carbocycles. The molecule has 7 heteroatoms. The predicted octanol–water partition coefficient (Wildman–Crippen LogP) is 4.53. The van der Waals surface area contributed by atoms with Crippen LogP contribution in [0.2, 0.25) is 0 Å². The van der Waals surface area contributed by atoms with Gasteiger partial charge in [-0.2, -0.15) is 0 Å². The third kappa shape index (κ3) is 3.91. The summed E-state index contributed by atoms with van der Waals surface area (Å²) in [6.45, 7) is 3.66. The van der Waals surface area contributed by atoms with E-state index in [1.165, 1.54) is 7.11 Å². The first-order valence-electron chi connectivity index (χ1n) is 7.17. The van der Waals surface area contributed by atoms with E-state index in [1.807, 2.05) is 24.3 Å². The Morgan fingerprint density at radius 1 is 1.29 bits per heavy atom. The molecule has 0 radical (unpaired) electrons. The molecular weight excluding hydrogens is 394 g/mol. The second kappa shape index (κ2) is 8.21. The van der Waals surface area contributed by atoms with Gasteiger partial charge in [-0.25, -0.2) is 14.6 Å². The number of nitrogens with zero attached hydrogens (tertiary/aromatic N) is 1. The Hall–Kier alpha value is -1.99. The van der Waals surface area contributed by atoms with Gasteiger partial charge in [-0.05, 0) is 25.5 Å². The largest absolute Gasteiger partial charge is 0.465 e. The van der Waals surface area contributed by atoms with Gasteiger partial charge in [0.25, 0.3) is 0 Å². The van der Waals surface area contributed by atoms with Crippen molar-refractivity contribution in [3.05, 3.63) is 50.3 Å². The molecule has 0 spiro atoms. The van der Waals surface area contributed by atoms with Crippen molar-refractivity contribution in [3.63, 3.8) is 0 Å². The van der Waals surface area contributed by atoms with Crippen LogP contribution in [-0.2, 0) is 9.47 Å². The van der Waals surface area contributed by atoms with E-state index in [4.69, 9.17) is 9.47 Å². The number of rotatable bonds is 5. The number of benzene rings is 1. The normalized spacial score (nSPS) is 10.8. The molecular formula is C17H16BrNO4S. The van der Waals surface area contributed by atoms with Crippen molar-refractivity contribution in [2.75, 3.05) is 13.7 Å². The fraction of sp³-hybridized carbons (Fsp3) is 0.235. The predicted molar refractivity (Wildman–Crippen MR) is 97.7 cm³/mol. The second-order valence-electron chi connectivity index (χ2n) is 4.73. The quantitative estimate of drug-likeness (QED) is 0.537. The minimum absolute atomic E-state index is 0.245. The number of ether oxygens (including phenoxy) is 2. The average molecular weight is 410 g/mol.